The van der Waals surface area contributed by atoms with Crippen LogP contribution in [-0.2, 0) is 16.0 Å². The number of allylic oxidation sites excluding steroid dienone is 1. The Bertz CT molecular complexity index is 428. The van der Waals surface area contributed by atoms with Crippen LogP contribution in [0, 0.1) is 0 Å². The van der Waals surface area contributed by atoms with Crippen molar-refractivity contribution < 1.29 is 14.3 Å². The number of aldehydes is 1. The van der Waals surface area contributed by atoms with Crippen LogP contribution in [0.2, 0.25) is 0 Å². The van der Waals surface area contributed by atoms with Crippen LogP contribution >= 0.6 is 0 Å². The van der Waals surface area contributed by atoms with Crippen LogP contribution < -0.4 is 0 Å². The van der Waals surface area contributed by atoms with Gasteiger partial charge in [0, 0.05) is 6.20 Å². The molecule has 0 unspecified atom stereocenters. The fourth-order valence-corrected chi connectivity index (χ4v) is 1.83. The maximum absolute atomic E-state index is 11.4. The Hall–Kier alpha value is -2.10. The number of hydrogen-bond acceptors (Lipinski definition) is 3. The highest BCUT2D eigenvalue weighted by Crippen LogP contribution is 2.17. The summed E-state index contributed by atoms with van der Waals surface area (Å²) in [5.74, 6) is 0. The zero-order chi connectivity index (χ0) is 12.1. The van der Waals surface area contributed by atoms with Gasteiger partial charge in [-0.05, 0) is 18.1 Å². The van der Waals surface area contributed by atoms with E-state index < -0.39 is 6.09 Å². The highest BCUT2D eigenvalue weighted by Gasteiger charge is 2.31. The summed E-state index contributed by atoms with van der Waals surface area (Å²) in [4.78, 5) is 23.1. The Morgan fingerprint density at radius 1 is 1.35 bits per heavy atom. The average Bonchev–Trinajstić information content (AvgIpc) is 2.69. The molecule has 0 bridgehead atoms. The Morgan fingerprint density at radius 3 is 2.82 bits per heavy atom. The molecule has 1 atom stereocenters. The molecule has 4 heteroatoms. The van der Waals surface area contributed by atoms with E-state index in [0.29, 0.717) is 12.9 Å². The van der Waals surface area contributed by atoms with Crippen LogP contribution in [-0.4, -0.2) is 29.9 Å². The lowest BCUT2D eigenvalue weighted by Gasteiger charge is -2.16. The lowest BCUT2D eigenvalue weighted by Crippen LogP contribution is -2.30. The smallest absolute Gasteiger partial charge is 0.414 e. The first-order chi connectivity index (χ1) is 8.31. The van der Waals surface area contributed by atoms with Gasteiger partial charge >= 0.3 is 6.09 Å². The summed E-state index contributed by atoms with van der Waals surface area (Å²) in [6, 6.07) is 9.83. The van der Waals surface area contributed by atoms with E-state index in [1.54, 1.807) is 0 Å². The van der Waals surface area contributed by atoms with E-state index in [9.17, 15) is 9.59 Å². The zero-order valence-electron chi connectivity index (χ0n) is 9.28. The van der Waals surface area contributed by atoms with Gasteiger partial charge in [-0.15, -0.1) is 0 Å². The molecule has 2 rings (SSSR count). The summed E-state index contributed by atoms with van der Waals surface area (Å²) in [6.45, 7) is 0.358. The monoisotopic (exact) mass is 231 g/mol. The quantitative estimate of drug-likeness (QED) is 0.586. The van der Waals surface area contributed by atoms with Gasteiger partial charge < -0.3 is 4.74 Å². The third kappa shape index (κ3) is 2.72. The van der Waals surface area contributed by atoms with Crippen LogP contribution in [0.3, 0.4) is 0 Å². The van der Waals surface area contributed by atoms with Crippen molar-refractivity contribution in [2.24, 2.45) is 0 Å². The summed E-state index contributed by atoms with van der Waals surface area (Å²) in [5.41, 5.74) is 1.14. The van der Waals surface area contributed by atoms with Gasteiger partial charge in [0.15, 0.2) is 0 Å². The number of carbonyl (C=O) groups excluding carboxylic acids is 2. The summed E-state index contributed by atoms with van der Waals surface area (Å²) in [5, 5.41) is 0. The van der Waals surface area contributed by atoms with Crippen LogP contribution in [0.15, 0.2) is 42.6 Å². The van der Waals surface area contributed by atoms with Crippen molar-refractivity contribution in [1.29, 1.82) is 0 Å². The van der Waals surface area contributed by atoms with E-state index in [-0.39, 0.29) is 6.04 Å². The molecule has 0 spiro atoms. The Kier molecular flexibility index (Phi) is 3.55. The molecular formula is C13H13NO3. The molecular weight excluding hydrogens is 218 g/mol. The normalized spacial score (nSPS) is 19.6. The summed E-state index contributed by atoms with van der Waals surface area (Å²) in [7, 11) is 0. The molecule has 0 aliphatic carbocycles. The minimum atomic E-state index is -0.399. The first-order valence-corrected chi connectivity index (χ1v) is 5.42. The van der Waals surface area contributed by atoms with Crippen molar-refractivity contribution in [2.45, 2.75) is 12.5 Å². The summed E-state index contributed by atoms with van der Waals surface area (Å²) >= 11 is 0. The molecule has 0 N–H and O–H groups in total. The van der Waals surface area contributed by atoms with E-state index in [4.69, 9.17) is 4.74 Å². The van der Waals surface area contributed by atoms with Crippen LogP contribution in [0.4, 0.5) is 4.79 Å². The minimum absolute atomic E-state index is 0.0406. The SMILES string of the molecule is O=C/C=C/N1C(=O)OC[C@@H]1Cc1ccccc1. The van der Waals surface area contributed by atoms with E-state index >= 15 is 0 Å². The molecule has 0 saturated carbocycles. The van der Waals surface area contributed by atoms with E-state index in [0.717, 1.165) is 12.0 Å². The maximum Gasteiger partial charge on any atom is 0.414 e. The standard InChI is InChI=1S/C13H13NO3/c15-8-4-7-14-12(10-17-13(14)16)9-11-5-2-1-3-6-11/h1-8,12H,9-10H2/b7-4+/t12-/m0/s1. The molecule has 0 radical (unpaired) electrons. The van der Waals surface area contributed by atoms with Crippen molar-refractivity contribution in [2.75, 3.05) is 6.61 Å². The first kappa shape index (κ1) is 11.4. The van der Waals surface area contributed by atoms with Gasteiger partial charge in [-0.3, -0.25) is 9.69 Å². The van der Waals surface area contributed by atoms with E-state index in [1.807, 2.05) is 30.3 Å². The summed E-state index contributed by atoms with van der Waals surface area (Å²) < 4.78 is 4.97. The van der Waals surface area contributed by atoms with Crippen molar-refractivity contribution in [3.05, 3.63) is 48.2 Å². The number of amides is 1. The van der Waals surface area contributed by atoms with Gasteiger partial charge in [0.05, 0.1) is 6.04 Å². The largest absolute Gasteiger partial charge is 0.447 e. The number of rotatable bonds is 4. The van der Waals surface area contributed by atoms with Crippen molar-refractivity contribution in [3.8, 4) is 0 Å². The van der Waals surface area contributed by atoms with E-state index in [1.165, 1.54) is 17.2 Å². The highest BCUT2D eigenvalue weighted by molar-refractivity contribution is 5.73. The molecule has 1 aliphatic rings. The summed E-state index contributed by atoms with van der Waals surface area (Å²) in [6.07, 6.45) is 3.73. The highest BCUT2D eigenvalue weighted by atomic mass is 16.6. The Morgan fingerprint density at radius 2 is 2.12 bits per heavy atom. The Labute approximate surface area is 99.5 Å². The predicted molar refractivity (Wildman–Crippen MR) is 62.3 cm³/mol. The van der Waals surface area contributed by atoms with Gasteiger partial charge in [-0.25, -0.2) is 4.79 Å². The molecule has 1 aromatic carbocycles. The maximum atomic E-state index is 11.4. The van der Waals surface area contributed by atoms with Gasteiger partial charge in [-0.2, -0.15) is 0 Å². The second-order valence-corrected chi connectivity index (χ2v) is 3.81. The first-order valence-electron chi connectivity index (χ1n) is 5.42. The third-order valence-corrected chi connectivity index (χ3v) is 2.64. The fraction of sp³-hybridized carbons (Fsp3) is 0.231. The third-order valence-electron chi connectivity index (χ3n) is 2.64. The number of carbonyl (C=O) groups is 2. The van der Waals surface area contributed by atoms with E-state index in [2.05, 4.69) is 0 Å². The second-order valence-electron chi connectivity index (χ2n) is 3.81. The lowest BCUT2D eigenvalue weighted by atomic mass is 10.1. The molecule has 1 saturated heterocycles. The molecule has 1 aromatic rings. The van der Waals surface area contributed by atoms with Crippen LogP contribution in [0.25, 0.3) is 0 Å². The van der Waals surface area contributed by atoms with Gasteiger partial charge in [0.2, 0.25) is 0 Å². The number of ether oxygens (including phenoxy) is 1. The van der Waals surface area contributed by atoms with Gasteiger partial charge in [0.1, 0.15) is 12.9 Å². The molecule has 4 nitrogen and oxygen atoms in total. The van der Waals surface area contributed by atoms with Crippen molar-refractivity contribution in [3.63, 3.8) is 0 Å². The van der Waals surface area contributed by atoms with Crippen molar-refractivity contribution in [1.82, 2.24) is 4.90 Å². The molecule has 88 valence electrons. The van der Waals surface area contributed by atoms with Gasteiger partial charge in [-0.1, -0.05) is 30.3 Å². The van der Waals surface area contributed by atoms with Crippen molar-refractivity contribution >= 4 is 12.4 Å². The topological polar surface area (TPSA) is 46.6 Å². The fourth-order valence-electron chi connectivity index (χ4n) is 1.83. The minimum Gasteiger partial charge on any atom is -0.447 e. The van der Waals surface area contributed by atoms with Gasteiger partial charge in [0.25, 0.3) is 0 Å². The lowest BCUT2D eigenvalue weighted by molar-refractivity contribution is -0.104. The number of cyclic esters (lactones) is 1. The number of hydrogen-bond donors (Lipinski definition) is 0. The number of nitrogens with zero attached hydrogens (tertiary/aromatic N) is 1. The predicted octanol–water partition coefficient (Wildman–Crippen LogP) is 1.76. The molecule has 0 aromatic heterocycles. The second kappa shape index (κ2) is 5.30. The molecule has 1 heterocycles. The molecule has 1 aliphatic heterocycles. The van der Waals surface area contributed by atoms with Crippen LogP contribution in [0.5, 0.6) is 0 Å². The zero-order valence-corrected chi connectivity index (χ0v) is 9.28. The molecule has 1 amide bonds. The molecule has 1 fully saturated rings. The number of benzene rings is 1. The van der Waals surface area contributed by atoms with Crippen LogP contribution in [0.1, 0.15) is 5.56 Å². The average molecular weight is 231 g/mol. The Balaban J connectivity index is 2.07. The molecule has 17 heavy (non-hydrogen) atoms.